The van der Waals surface area contributed by atoms with Crippen molar-refractivity contribution in [3.63, 3.8) is 0 Å². The van der Waals surface area contributed by atoms with Crippen LogP contribution >= 0.6 is 0 Å². The Bertz CT molecular complexity index is 359. The van der Waals surface area contributed by atoms with Gasteiger partial charge in [0.25, 0.3) is 0 Å². The molecule has 96 valence electrons. The Hall–Kier alpha value is -0.670. The average Bonchev–Trinajstić information content (AvgIpc) is 2.30. The summed E-state index contributed by atoms with van der Waals surface area (Å²) in [5, 5.41) is 3.41. The summed E-state index contributed by atoms with van der Waals surface area (Å²) >= 11 is 0. The minimum absolute atomic E-state index is 0.366. The van der Waals surface area contributed by atoms with Crippen molar-refractivity contribution in [3.8, 4) is 0 Å². The van der Waals surface area contributed by atoms with Crippen LogP contribution in [-0.2, 0) is 10.8 Å². The molecule has 0 saturated heterocycles. The average molecular weight is 253 g/mol. The highest BCUT2D eigenvalue weighted by Gasteiger charge is 2.13. The maximum absolute atomic E-state index is 12.3. The number of nitrogens with one attached hydrogen (secondary N) is 1. The van der Waals surface area contributed by atoms with Gasteiger partial charge in [-0.2, -0.15) is 0 Å². The van der Waals surface area contributed by atoms with Gasteiger partial charge in [0, 0.05) is 16.7 Å². The molecule has 0 fully saturated rings. The molecule has 0 bridgehead atoms. The fraction of sp³-hybridized carbons (Fsp3) is 0.571. The standard InChI is InChI=1S/C14H23NOS/c1-4-8-13(15-5-2)11-17(16)14-10-7-6-9-12(14)3/h6-7,9-10,13,15H,4-5,8,11H2,1-3H3. The van der Waals surface area contributed by atoms with Gasteiger partial charge in [-0.1, -0.05) is 38.5 Å². The summed E-state index contributed by atoms with van der Waals surface area (Å²) in [5.74, 6) is 0.715. The minimum atomic E-state index is -0.891. The lowest BCUT2D eigenvalue weighted by molar-refractivity contribution is 0.525. The van der Waals surface area contributed by atoms with Crippen molar-refractivity contribution >= 4 is 10.8 Å². The lowest BCUT2D eigenvalue weighted by Gasteiger charge is -2.17. The Kier molecular flexibility index (Phi) is 6.45. The molecule has 0 aromatic heterocycles. The number of rotatable bonds is 7. The molecule has 0 heterocycles. The van der Waals surface area contributed by atoms with Gasteiger partial charge >= 0.3 is 0 Å². The van der Waals surface area contributed by atoms with Gasteiger partial charge < -0.3 is 5.32 Å². The van der Waals surface area contributed by atoms with Crippen molar-refractivity contribution in [2.45, 2.75) is 44.6 Å². The molecule has 1 N–H and O–H groups in total. The van der Waals surface area contributed by atoms with E-state index in [0.29, 0.717) is 11.8 Å². The highest BCUT2D eigenvalue weighted by Crippen LogP contribution is 2.14. The zero-order valence-electron chi connectivity index (χ0n) is 11.0. The molecule has 2 atom stereocenters. The van der Waals surface area contributed by atoms with Gasteiger partial charge in [-0.15, -0.1) is 0 Å². The number of hydrogen-bond acceptors (Lipinski definition) is 2. The van der Waals surface area contributed by atoms with Crippen molar-refractivity contribution in [1.29, 1.82) is 0 Å². The van der Waals surface area contributed by atoms with Crippen LogP contribution in [0.3, 0.4) is 0 Å². The van der Waals surface area contributed by atoms with E-state index in [1.54, 1.807) is 0 Å². The van der Waals surface area contributed by atoms with Gasteiger partial charge in [0.05, 0.1) is 10.8 Å². The predicted molar refractivity (Wildman–Crippen MR) is 74.8 cm³/mol. The molecule has 3 heteroatoms. The first-order valence-corrected chi connectivity index (χ1v) is 7.68. The monoisotopic (exact) mass is 253 g/mol. The predicted octanol–water partition coefficient (Wildman–Crippen LogP) is 2.88. The van der Waals surface area contributed by atoms with E-state index in [2.05, 4.69) is 19.2 Å². The smallest absolute Gasteiger partial charge is 0.0547 e. The van der Waals surface area contributed by atoms with Crippen LogP contribution in [0.5, 0.6) is 0 Å². The molecule has 17 heavy (non-hydrogen) atoms. The quantitative estimate of drug-likeness (QED) is 0.809. The van der Waals surface area contributed by atoms with Crippen LogP contribution in [0.15, 0.2) is 29.2 Å². The Balaban J connectivity index is 2.67. The molecule has 0 aliphatic carbocycles. The molecular formula is C14H23NOS. The topological polar surface area (TPSA) is 29.1 Å². The van der Waals surface area contributed by atoms with Gasteiger partial charge in [-0.05, 0) is 31.5 Å². The lowest BCUT2D eigenvalue weighted by Crippen LogP contribution is -2.33. The number of hydrogen-bond donors (Lipinski definition) is 1. The molecule has 0 spiro atoms. The highest BCUT2D eigenvalue weighted by atomic mass is 32.2. The Morgan fingerprint density at radius 1 is 1.29 bits per heavy atom. The maximum Gasteiger partial charge on any atom is 0.0547 e. The van der Waals surface area contributed by atoms with Crippen molar-refractivity contribution in [1.82, 2.24) is 5.32 Å². The van der Waals surface area contributed by atoms with E-state index in [1.807, 2.05) is 31.2 Å². The van der Waals surface area contributed by atoms with Gasteiger partial charge in [-0.3, -0.25) is 4.21 Å². The summed E-state index contributed by atoms with van der Waals surface area (Å²) in [4.78, 5) is 0.978. The second kappa shape index (κ2) is 7.62. The van der Waals surface area contributed by atoms with Gasteiger partial charge in [0.2, 0.25) is 0 Å². The summed E-state index contributed by atoms with van der Waals surface area (Å²) in [7, 11) is -0.891. The first-order chi connectivity index (χ1) is 8.19. The van der Waals surface area contributed by atoms with E-state index in [4.69, 9.17) is 0 Å². The van der Waals surface area contributed by atoms with E-state index in [1.165, 1.54) is 0 Å². The van der Waals surface area contributed by atoms with Crippen molar-refractivity contribution in [3.05, 3.63) is 29.8 Å². The lowest BCUT2D eigenvalue weighted by atomic mass is 10.2. The minimum Gasteiger partial charge on any atom is -0.313 e. The zero-order chi connectivity index (χ0) is 12.7. The van der Waals surface area contributed by atoms with Gasteiger partial charge in [0.15, 0.2) is 0 Å². The molecule has 1 aromatic carbocycles. The van der Waals surface area contributed by atoms with E-state index in [9.17, 15) is 4.21 Å². The fourth-order valence-corrected chi connectivity index (χ4v) is 3.45. The second-order valence-electron chi connectivity index (χ2n) is 4.32. The van der Waals surface area contributed by atoms with E-state index in [0.717, 1.165) is 29.8 Å². The summed E-state index contributed by atoms with van der Waals surface area (Å²) in [5.41, 5.74) is 1.12. The Morgan fingerprint density at radius 2 is 2.00 bits per heavy atom. The van der Waals surface area contributed by atoms with Gasteiger partial charge in [-0.25, -0.2) is 0 Å². The molecule has 0 aliphatic heterocycles. The normalized spacial score (nSPS) is 14.5. The second-order valence-corrected chi connectivity index (χ2v) is 5.79. The van der Waals surface area contributed by atoms with Crippen LogP contribution in [0.2, 0.25) is 0 Å². The molecule has 0 aliphatic rings. The molecule has 2 nitrogen and oxygen atoms in total. The molecule has 0 saturated carbocycles. The third-order valence-electron chi connectivity index (χ3n) is 2.82. The highest BCUT2D eigenvalue weighted by molar-refractivity contribution is 7.85. The molecular weight excluding hydrogens is 230 g/mol. The summed E-state index contributed by atoms with van der Waals surface area (Å²) in [6, 6.07) is 8.31. The largest absolute Gasteiger partial charge is 0.313 e. The third kappa shape index (κ3) is 4.60. The molecule has 0 amide bonds. The van der Waals surface area contributed by atoms with E-state index < -0.39 is 10.8 Å². The van der Waals surface area contributed by atoms with Crippen LogP contribution in [0, 0.1) is 6.92 Å². The summed E-state index contributed by atoms with van der Waals surface area (Å²) < 4.78 is 12.3. The number of aryl methyl sites for hydroxylation is 1. The van der Waals surface area contributed by atoms with Crippen molar-refractivity contribution in [2.24, 2.45) is 0 Å². The summed E-state index contributed by atoms with van der Waals surface area (Å²) in [6.07, 6.45) is 2.22. The molecule has 1 rings (SSSR count). The number of benzene rings is 1. The summed E-state index contributed by atoms with van der Waals surface area (Å²) in [6.45, 7) is 7.23. The van der Waals surface area contributed by atoms with Gasteiger partial charge in [0.1, 0.15) is 0 Å². The zero-order valence-corrected chi connectivity index (χ0v) is 11.8. The Morgan fingerprint density at radius 3 is 2.59 bits per heavy atom. The molecule has 2 unspecified atom stereocenters. The third-order valence-corrected chi connectivity index (χ3v) is 4.48. The first-order valence-electron chi connectivity index (χ1n) is 6.36. The van der Waals surface area contributed by atoms with E-state index in [-0.39, 0.29) is 0 Å². The first kappa shape index (κ1) is 14.4. The van der Waals surface area contributed by atoms with Crippen LogP contribution in [0.4, 0.5) is 0 Å². The van der Waals surface area contributed by atoms with Crippen LogP contribution in [0.1, 0.15) is 32.3 Å². The Labute approximate surface area is 107 Å². The molecule has 0 radical (unpaired) electrons. The van der Waals surface area contributed by atoms with Crippen LogP contribution < -0.4 is 5.32 Å². The fourth-order valence-electron chi connectivity index (χ4n) is 1.97. The van der Waals surface area contributed by atoms with Crippen LogP contribution in [-0.4, -0.2) is 22.5 Å². The van der Waals surface area contributed by atoms with Crippen molar-refractivity contribution < 1.29 is 4.21 Å². The van der Waals surface area contributed by atoms with Crippen LogP contribution in [0.25, 0.3) is 0 Å². The SMILES string of the molecule is CCCC(CS(=O)c1ccccc1C)NCC. The van der Waals surface area contributed by atoms with E-state index >= 15 is 0 Å². The maximum atomic E-state index is 12.3. The van der Waals surface area contributed by atoms with Crippen molar-refractivity contribution in [2.75, 3.05) is 12.3 Å². The molecule has 1 aromatic rings.